The number of nitrogens with zero attached hydrogens (tertiary/aromatic N) is 2. The highest BCUT2D eigenvalue weighted by Crippen LogP contribution is 2.40. The lowest BCUT2D eigenvalue weighted by Gasteiger charge is -2.26. The molecular weight excluding hydrogens is 488 g/mol. The monoisotopic (exact) mass is 512 g/mol. The second-order valence-electron chi connectivity index (χ2n) is 10.1. The third-order valence-corrected chi connectivity index (χ3v) is 7.74. The van der Waals surface area contributed by atoms with Crippen molar-refractivity contribution in [1.82, 2.24) is 4.98 Å². The summed E-state index contributed by atoms with van der Waals surface area (Å²) in [5.41, 5.74) is 7.24. The van der Waals surface area contributed by atoms with Gasteiger partial charge in [-0.3, -0.25) is 4.98 Å². The van der Waals surface area contributed by atoms with E-state index >= 15 is 0 Å². The van der Waals surface area contributed by atoms with Crippen LogP contribution in [0.5, 0.6) is 0 Å². The Morgan fingerprint density at radius 3 is 1.98 bits per heavy atom. The maximum absolute atomic E-state index is 6.23. The summed E-state index contributed by atoms with van der Waals surface area (Å²) in [6.45, 7) is 0. The fourth-order valence-electron chi connectivity index (χ4n) is 5.77. The van der Waals surface area contributed by atoms with Crippen LogP contribution in [0.3, 0.4) is 0 Å². The Hall–Kier alpha value is -5.41. The molecule has 8 aromatic rings. The van der Waals surface area contributed by atoms with Crippen LogP contribution in [0, 0.1) is 0 Å². The normalized spacial score (nSPS) is 11.5. The predicted octanol–water partition coefficient (Wildman–Crippen LogP) is 10.4. The van der Waals surface area contributed by atoms with Gasteiger partial charge in [0.05, 0.1) is 6.20 Å². The van der Waals surface area contributed by atoms with Gasteiger partial charge in [-0.1, -0.05) is 84.9 Å². The zero-order valence-electron chi connectivity index (χ0n) is 21.7. The van der Waals surface area contributed by atoms with Crippen molar-refractivity contribution < 1.29 is 4.42 Å². The molecule has 0 bridgehead atoms. The highest BCUT2D eigenvalue weighted by atomic mass is 16.3. The number of hydrogen-bond acceptors (Lipinski definition) is 3. The third kappa shape index (κ3) is 3.71. The Bertz CT molecular complexity index is 2160. The van der Waals surface area contributed by atoms with Crippen molar-refractivity contribution in [2.45, 2.75) is 0 Å². The summed E-state index contributed by atoms with van der Waals surface area (Å²) < 4.78 is 6.23. The van der Waals surface area contributed by atoms with Gasteiger partial charge in [-0.2, -0.15) is 0 Å². The molecule has 0 radical (unpaired) electrons. The quantitative estimate of drug-likeness (QED) is 0.220. The number of hydrogen-bond donors (Lipinski definition) is 0. The lowest BCUT2D eigenvalue weighted by Crippen LogP contribution is -2.09. The van der Waals surface area contributed by atoms with Gasteiger partial charge >= 0.3 is 0 Å². The van der Waals surface area contributed by atoms with Gasteiger partial charge in [-0.25, -0.2) is 0 Å². The summed E-state index contributed by atoms with van der Waals surface area (Å²) in [6, 6.07) is 47.4. The number of anilines is 3. The van der Waals surface area contributed by atoms with E-state index in [0.29, 0.717) is 0 Å². The first-order valence-corrected chi connectivity index (χ1v) is 13.5. The molecule has 0 saturated heterocycles. The minimum absolute atomic E-state index is 0.797. The maximum Gasteiger partial charge on any atom is 0.153 e. The van der Waals surface area contributed by atoms with Crippen LogP contribution in [0.4, 0.5) is 17.1 Å². The molecule has 0 unspecified atom stereocenters. The second-order valence-corrected chi connectivity index (χ2v) is 10.1. The van der Waals surface area contributed by atoms with Crippen LogP contribution in [0.25, 0.3) is 54.6 Å². The first-order chi connectivity index (χ1) is 19.8. The zero-order valence-corrected chi connectivity index (χ0v) is 21.7. The van der Waals surface area contributed by atoms with E-state index in [2.05, 4.69) is 131 Å². The van der Waals surface area contributed by atoms with Gasteiger partial charge in [0.2, 0.25) is 0 Å². The molecule has 0 aliphatic rings. The van der Waals surface area contributed by atoms with Gasteiger partial charge < -0.3 is 9.32 Å². The number of rotatable bonds is 4. The highest BCUT2D eigenvalue weighted by Gasteiger charge is 2.16. The molecule has 2 aromatic heterocycles. The van der Waals surface area contributed by atoms with Crippen LogP contribution in [-0.2, 0) is 0 Å². The van der Waals surface area contributed by atoms with Gasteiger partial charge in [-0.15, -0.1) is 0 Å². The second kappa shape index (κ2) is 9.11. The average Bonchev–Trinajstić information content (AvgIpc) is 3.40. The van der Waals surface area contributed by atoms with E-state index in [1.807, 2.05) is 18.3 Å². The van der Waals surface area contributed by atoms with Crippen molar-refractivity contribution in [3.63, 3.8) is 0 Å². The lowest BCUT2D eigenvalue weighted by atomic mass is 10.0. The topological polar surface area (TPSA) is 29.3 Å². The average molecular weight is 513 g/mol. The van der Waals surface area contributed by atoms with Crippen molar-refractivity contribution >= 4 is 60.5 Å². The smallest absolute Gasteiger partial charge is 0.153 e. The largest absolute Gasteiger partial charge is 0.454 e. The molecule has 0 spiro atoms. The van der Waals surface area contributed by atoms with Crippen LogP contribution in [0.1, 0.15) is 0 Å². The summed E-state index contributed by atoms with van der Waals surface area (Å²) in [6.07, 6.45) is 3.59. The van der Waals surface area contributed by atoms with Crippen LogP contribution < -0.4 is 4.90 Å². The number of fused-ring (bicyclic) bond motifs is 6. The molecule has 2 heterocycles. The number of benzene rings is 6. The third-order valence-electron chi connectivity index (χ3n) is 7.74. The summed E-state index contributed by atoms with van der Waals surface area (Å²) in [5, 5.41) is 7.11. The van der Waals surface area contributed by atoms with E-state index in [1.165, 1.54) is 32.7 Å². The van der Waals surface area contributed by atoms with Crippen molar-refractivity contribution in [2.75, 3.05) is 4.90 Å². The van der Waals surface area contributed by atoms with Gasteiger partial charge in [0.1, 0.15) is 5.58 Å². The molecular formula is C37H24N2O. The fourth-order valence-corrected chi connectivity index (χ4v) is 5.77. The maximum atomic E-state index is 6.23. The van der Waals surface area contributed by atoms with Crippen LogP contribution >= 0.6 is 0 Å². The van der Waals surface area contributed by atoms with E-state index in [1.54, 1.807) is 6.20 Å². The molecule has 8 rings (SSSR count). The minimum Gasteiger partial charge on any atom is -0.454 e. The molecule has 0 N–H and O–H groups in total. The van der Waals surface area contributed by atoms with Crippen molar-refractivity contribution in [2.24, 2.45) is 0 Å². The minimum atomic E-state index is 0.797. The molecule has 188 valence electrons. The SMILES string of the molecule is c1ccc(-c2ccc(N(c3ccc4c(c3)oc3cnccc34)c3ccc4ccc5ccccc5c4c3)cc2)cc1. The Morgan fingerprint density at radius 2 is 1.10 bits per heavy atom. The Balaban J connectivity index is 1.33. The highest BCUT2D eigenvalue weighted by molar-refractivity contribution is 6.09. The summed E-state index contributed by atoms with van der Waals surface area (Å²) in [4.78, 5) is 6.55. The molecule has 0 atom stereocenters. The van der Waals surface area contributed by atoms with E-state index in [-0.39, 0.29) is 0 Å². The van der Waals surface area contributed by atoms with Gasteiger partial charge in [0, 0.05) is 40.1 Å². The van der Waals surface area contributed by atoms with Crippen molar-refractivity contribution in [3.8, 4) is 11.1 Å². The van der Waals surface area contributed by atoms with Crippen molar-refractivity contribution in [1.29, 1.82) is 0 Å². The number of aromatic nitrogens is 1. The van der Waals surface area contributed by atoms with Crippen LogP contribution in [0.2, 0.25) is 0 Å². The number of furan rings is 1. The standard InChI is InChI=1S/C37H24N2O/c1-2-6-25(7-3-1)26-12-15-29(16-13-26)39(31-18-19-33-34-20-21-38-24-37(34)40-36(33)23-31)30-17-14-28-11-10-27-8-4-5-9-32(27)35(28)22-30/h1-24H. The van der Waals surface area contributed by atoms with Crippen LogP contribution in [0.15, 0.2) is 150 Å². The van der Waals surface area contributed by atoms with Crippen LogP contribution in [-0.4, -0.2) is 4.98 Å². The Labute approximate surface area is 231 Å². The van der Waals surface area contributed by atoms with Crippen molar-refractivity contribution in [3.05, 3.63) is 146 Å². The molecule has 0 saturated carbocycles. The molecule has 3 nitrogen and oxygen atoms in total. The predicted molar refractivity (Wildman–Crippen MR) is 167 cm³/mol. The Kier molecular flexibility index (Phi) is 5.14. The molecule has 0 fully saturated rings. The molecule has 40 heavy (non-hydrogen) atoms. The van der Waals surface area contributed by atoms with E-state index < -0.39 is 0 Å². The molecule has 0 amide bonds. The Morgan fingerprint density at radius 1 is 0.450 bits per heavy atom. The fraction of sp³-hybridized carbons (Fsp3) is 0. The van der Waals surface area contributed by atoms with E-state index in [4.69, 9.17) is 4.42 Å². The summed E-state index contributed by atoms with van der Waals surface area (Å²) in [5.74, 6) is 0. The van der Waals surface area contributed by atoms with Gasteiger partial charge in [0.15, 0.2) is 5.58 Å². The first kappa shape index (κ1) is 22.6. The number of pyridine rings is 1. The molecule has 3 heteroatoms. The van der Waals surface area contributed by atoms with Gasteiger partial charge in [-0.05, 0) is 75.1 Å². The van der Waals surface area contributed by atoms with E-state index in [0.717, 1.165) is 39.0 Å². The summed E-state index contributed by atoms with van der Waals surface area (Å²) in [7, 11) is 0. The van der Waals surface area contributed by atoms with Gasteiger partial charge in [0.25, 0.3) is 0 Å². The molecule has 6 aromatic carbocycles. The first-order valence-electron chi connectivity index (χ1n) is 13.5. The molecule has 0 aliphatic carbocycles. The lowest BCUT2D eigenvalue weighted by molar-refractivity contribution is 0.667. The summed E-state index contributed by atoms with van der Waals surface area (Å²) >= 11 is 0. The zero-order chi connectivity index (χ0) is 26.5. The van der Waals surface area contributed by atoms with E-state index in [9.17, 15) is 0 Å². The molecule has 0 aliphatic heterocycles.